The van der Waals surface area contributed by atoms with Gasteiger partial charge in [0.05, 0.1) is 5.69 Å². The van der Waals surface area contributed by atoms with Gasteiger partial charge in [-0.15, -0.1) is 0 Å². The van der Waals surface area contributed by atoms with Crippen LogP contribution in [0.4, 0.5) is 5.82 Å². The monoisotopic (exact) mass is 287 g/mol. The highest BCUT2D eigenvalue weighted by atomic mass is 15.2. The van der Waals surface area contributed by atoms with Crippen molar-refractivity contribution in [3.05, 3.63) is 24.2 Å². The summed E-state index contributed by atoms with van der Waals surface area (Å²) < 4.78 is 1.93. The highest BCUT2D eigenvalue weighted by molar-refractivity contribution is 5.68. The summed E-state index contributed by atoms with van der Waals surface area (Å²) in [6, 6.07) is 2.14. The number of piperidine rings is 1. The SMILES string of the molecule is CC(C)c1cc2c(NCC3(C)CCNCC3)nccn2n1. The van der Waals surface area contributed by atoms with Crippen molar-refractivity contribution in [1.29, 1.82) is 0 Å². The highest BCUT2D eigenvalue weighted by Gasteiger charge is 2.26. The van der Waals surface area contributed by atoms with Gasteiger partial charge in [0.2, 0.25) is 0 Å². The van der Waals surface area contributed by atoms with Crippen molar-refractivity contribution in [1.82, 2.24) is 19.9 Å². The summed E-state index contributed by atoms with van der Waals surface area (Å²) >= 11 is 0. The Kier molecular flexibility index (Phi) is 3.85. The molecule has 3 rings (SSSR count). The minimum Gasteiger partial charge on any atom is -0.368 e. The van der Waals surface area contributed by atoms with E-state index in [0.717, 1.165) is 36.7 Å². The first-order valence-corrected chi connectivity index (χ1v) is 7.86. The Balaban J connectivity index is 1.80. The van der Waals surface area contributed by atoms with Gasteiger partial charge in [-0.25, -0.2) is 9.50 Å². The molecule has 1 fully saturated rings. The van der Waals surface area contributed by atoms with Crippen LogP contribution in [0.1, 0.15) is 45.2 Å². The second kappa shape index (κ2) is 5.64. The zero-order chi connectivity index (χ0) is 14.9. The maximum absolute atomic E-state index is 4.61. The van der Waals surface area contributed by atoms with Crippen molar-refractivity contribution in [3.8, 4) is 0 Å². The first kappa shape index (κ1) is 14.3. The third-order valence-corrected chi connectivity index (χ3v) is 4.49. The number of nitrogens with zero attached hydrogens (tertiary/aromatic N) is 3. The number of hydrogen-bond acceptors (Lipinski definition) is 4. The number of aromatic nitrogens is 3. The van der Waals surface area contributed by atoms with Gasteiger partial charge < -0.3 is 10.6 Å². The lowest BCUT2D eigenvalue weighted by Gasteiger charge is -2.34. The van der Waals surface area contributed by atoms with Crippen LogP contribution in [0, 0.1) is 5.41 Å². The molecular weight excluding hydrogens is 262 g/mol. The van der Waals surface area contributed by atoms with Gasteiger partial charge >= 0.3 is 0 Å². The van der Waals surface area contributed by atoms with Gasteiger partial charge in [-0.05, 0) is 43.3 Å². The number of anilines is 1. The largest absolute Gasteiger partial charge is 0.368 e. The molecule has 1 aliphatic heterocycles. The molecule has 2 N–H and O–H groups in total. The van der Waals surface area contributed by atoms with Crippen molar-refractivity contribution in [2.24, 2.45) is 5.41 Å². The lowest BCUT2D eigenvalue weighted by atomic mass is 9.81. The Morgan fingerprint density at radius 2 is 2.14 bits per heavy atom. The molecule has 0 aromatic carbocycles. The van der Waals surface area contributed by atoms with Gasteiger partial charge in [-0.2, -0.15) is 5.10 Å². The fourth-order valence-corrected chi connectivity index (χ4v) is 2.86. The average molecular weight is 287 g/mol. The highest BCUT2D eigenvalue weighted by Crippen LogP contribution is 2.29. The lowest BCUT2D eigenvalue weighted by Crippen LogP contribution is -2.39. The van der Waals surface area contributed by atoms with E-state index < -0.39 is 0 Å². The third kappa shape index (κ3) is 3.02. The molecule has 0 atom stereocenters. The maximum Gasteiger partial charge on any atom is 0.152 e. The van der Waals surface area contributed by atoms with Gasteiger partial charge in [0.15, 0.2) is 5.82 Å². The Hall–Kier alpha value is -1.62. The van der Waals surface area contributed by atoms with Crippen molar-refractivity contribution in [2.45, 2.75) is 39.5 Å². The zero-order valence-electron chi connectivity index (χ0n) is 13.2. The topological polar surface area (TPSA) is 54.2 Å². The molecule has 5 nitrogen and oxygen atoms in total. The van der Waals surface area contributed by atoms with Crippen LogP contribution in [0.5, 0.6) is 0 Å². The molecule has 5 heteroatoms. The summed E-state index contributed by atoms with van der Waals surface area (Å²) in [6.07, 6.45) is 6.15. The molecule has 0 spiro atoms. The van der Waals surface area contributed by atoms with Gasteiger partial charge in [0, 0.05) is 18.9 Å². The zero-order valence-corrected chi connectivity index (χ0v) is 13.2. The minimum atomic E-state index is 0.348. The van der Waals surface area contributed by atoms with E-state index >= 15 is 0 Å². The standard InChI is InChI=1S/C16H25N5/c1-12(2)13-10-14-15(18-8-9-21(14)20-13)19-11-16(3)4-6-17-7-5-16/h8-10,12,17H,4-7,11H2,1-3H3,(H,18,19). The first-order chi connectivity index (χ1) is 10.1. The summed E-state index contributed by atoms with van der Waals surface area (Å²) in [6.45, 7) is 9.87. The maximum atomic E-state index is 4.61. The third-order valence-electron chi connectivity index (χ3n) is 4.49. The van der Waals surface area contributed by atoms with Crippen LogP contribution >= 0.6 is 0 Å². The smallest absolute Gasteiger partial charge is 0.152 e. The normalized spacial score (nSPS) is 18.3. The first-order valence-electron chi connectivity index (χ1n) is 7.86. The average Bonchev–Trinajstić information content (AvgIpc) is 2.91. The fourth-order valence-electron chi connectivity index (χ4n) is 2.86. The van der Waals surface area contributed by atoms with E-state index in [-0.39, 0.29) is 0 Å². The summed E-state index contributed by atoms with van der Waals surface area (Å²) in [7, 11) is 0. The lowest BCUT2D eigenvalue weighted by molar-refractivity contribution is 0.247. The van der Waals surface area contributed by atoms with Crippen molar-refractivity contribution < 1.29 is 0 Å². The minimum absolute atomic E-state index is 0.348. The van der Waals surface area contributed by atoms with Crippen LogP contribution in [0.25, 0.3) is 5.52 Å². The summed E-state index contributed by atoms with van der Waals surface area (Å²) in [5.74, 6) is 1.37. The Morgan fingerprint density at radius 1 is 1.38 bits per heavy atom. The van der Waals surface area contributed by atoms with Gasteiger partial charge in [0.25, 0.3) is 0 Å². The molecule has 2 aromatic rings. The quantitative estimate of drug-likeness (QED) is 0.907. The predicted octanol–water partition coefficient (Wildman–Crippen LogP) is 2.65. The van der Waals surface area contributed by atoms with Crippen LogP contribution in [-0.4, -0.2) is 34.2 Å². The molecule has 114 valence electrons. The molecule has 21 heavy (non-hydrogen) atoms. The molecule has 1 saturated heterocycles. The van der Waals surface area contributed by atoms with Crippen LogP contribution in [0.3, 0.4) is 0 Å². The summed E-state index contributed by atoms with van der Waals surface area (Å²) in [4.78, 5) is 4.51. The van der Waals surface area contributed by atoms with E-state index in [1.54, 1.807) is 0 Å². The van der Waals surface area contributed by atoms with E-state index in [4.69, 9.17) is 0 Å². The summed E-state index contributed by atoms with van der Waals surface area (Å²) in [5, 5.41) is 11.6. The Labute approximate surface area is 126 Å². The molecule has 1 aliphatic rings. The number of rotatable bonds is 4. The van der Waals surface area contributed by atoms with Gasteiger partial charge in [-0.3, -0.25) is 0 Å². The Morgan fingerprint density at radius 3 is 2.86 bits per heavy atom. The molecule has 0 unspecified atom stereocenters. The van der Waals surface area contributed by atoms with Crippen LogP contribution < -0.4 is 10.6 Å². The molecule has 0 saturated carbocycles. The molecular formula is C16H25N5. The molecule has 3 heterocycles. The number of fused-ring (bicyclic) bond motifs is 1. The molecule has 0 radical (unpaired) electrons. The van der Waals surface area contributed by atoms with E-state index in [1.807, 2.05) is 16.9 Å². The second-order valence-electron chi connectivity index (χ2n) is 6.74. The number of nitrogens with one attached hydrogen (secondary N) is 2. The van der Waals surface area contributed by atoms with E-state index in [1.165, 1.54) is 12.8 Å². The van der Waals surface area contributed by atoms with E-state index in [9.17, 15) is 0 Å². The van der Waals surface area contributed by atoms with Crippen molar-refractivity contribution >= 4 is 11.3 Å². The van der Waals surface area contributed by atoms with Gasteiger partial charge in [-0.1, -0.05) is 20.8 Å². The van der Waals surface area contributed by atoms with Crippen LogP contribution in [0.15, 0.2) is 18.5 Å². The Bertz CT molecular complexity index is 610. The predicted molar refractivity (Wildman–Crippen MR) is 85.8 cm³/mol. The molecule has 0 amide bonds. The summed E-state index contributed by atoms with van der Waals surface area (Å²) in [5.41, 5.74) is 2.53. The van der Waals surface area contributed by atoms with Crippen molar-refractivity contribution in [3.63, 3.8) is 0 Å². The van der Waals surface area contributed by atoms with Gasteiger partial charge in [0.1, 0.15) is 5.52 Å². The fraction of sp³-hybridized carbons (Fsp3) is 0.625. The molecule has 2 aromatic heterocycles. The van der Waals surface area contributed by atoms with Crippen molar-refractivity contribution in [2.75, 3.05) is 25.0 Å². The van der Waals surface area contributed by atoms with E-state index in [2.05, 4.69) is 47.6 Å². The second-order valence-corrected chi connectivity index (χ2v) is 6.74. The molecule has 0 aliphatic carbocycles. The van der Waals surface area contributed by atoms with E-state index in [0.29, 0.717) is 11.3 Å². The van der Waals surface area contributed by atoms with Crippen LogP contribution in [-0.2, 0) is 0 Å². The number of hydrogen-bond donors (Lipinski definition) is 2. The molecule has 0 bridgehead atoms. The van der Waals surface area contributed by atoms with Crippen LogP contribution in [0.2, 0.25) is 0 Å².